The van der Waals surface area contributed by atoms with Crippen LogP contribution in [-0.2, 0) is 6.54 Å². The zero-order valence-electron chi connectivity index (χ0n) is 8.63. The van der Waals surface area contributed by atoms with Crippen LogP contribution in [0.4, 0.5) is 0 Å². The number of fused-ring (bicyclic) bond motifs is 1. The van der Waals surface area contributed by atoms with E-state index in [-0.39, 0.29) is 5.91 Å². The molecule has 1 aliphatic heterocycles. The predicted molar refractivity (Wildman–Crippen MR) is 56.3 cm³/mol. The number of rotatable bonds is 2. The minimum atomic E-state index is 0.0742. The molecule has 14 heavy (non-hydrogen) atoms. The Kier molecular flexibility index (Phi) is 2.28. The molecule has 0 bridgehead atoms. The van der Waals surface area contributed by atoms with E-state index in [4.69, 9.17) is 0 Å². The summed E-state index contributed by atoms with van der Waals surface area (Å²) in [5.41, 5.74) is 3.39. The Bertz CT molecular complexity index is 371. The summed E-state index contributed by atoms with van der Waals surface area (Å²) in [6, 6.07) is 6.02. The molecule has 74 valence electrons. The van der Waals surface area contributed by atoms with Crippen LogP contribution in [0.25, 0.3) is 0 Å². The molecule has 2 heteroatoms. The second kappa shape index (κ2) is 3.45. The quantitative estimate of drug-likeness (QED) is 0.760. The van der Waals surface area contributed by atoms with E-state index in [9.17, 15) is 4.79 Å². The van der Waals surface area contributed by atoms with Gasteiger partial charge in [0.1, 0.15) is 0 Å². The van der Waals surface area contributed by atoms with Gasteiger partial charge in [-0.2, -0.15) is 0 Å². The van der Waals surface area contributed by atoms with Gasteiger partial charge in [-0.15, -0.1) is 0 Å². The normalized spacial score (nSPS) is 16.3. The molecular formula is C12H15NO. The van der Waals surface area contributed by atoms with E-state index in [0.717, 1.165) is 12.0 Å². The van der Waals surface area contributed by atoms with Crippen LogP contribution in [0.5, 0.6) is 0 Å². The van der Waals surface area contributed by atoms with E-state index in [0.29, 0.717) is 12.5 Å². The number of amides is 1. The Labute approximate surface area is 84.3 Å². The maximum atomic E-state index is 11.4. The molecule has 1 unspecified atom stereocenters. The van der Waals surface area contributed by atoms with Crippen LogP contribution in [0.3, 0.4) is 0 Å². The van der Waals surface area contributed by atoms with Gasteiger partial charge in [0.15, 0.2) is 0 Å². The molecule has 0 fully saturated rings. The summed E-state index contributed by atoms with van der Waals surface area (Å²) in [7, 11) is 0. The average Bonchev–Trinajstić information content (AvgIpc) is 2.59. The molecule has 0 aliphatic carbocycles. The third-order valence-corrected chi connectivity index (χ3v) is 3.03. The van der Waals surface area contributed by atoms with E-state index in [1.165, 1.54) is 11.1 Å². The first-order valence-electron chi connectivity index (χ1n) is 5.14. The number of benzene rings is 1. The van der Waals surface area contributed by atoms with Crippen LogP contribution in [0.1, 0.15) is 47.7 Å². The van der Waals surface area contributed by atoms with Gasteiger partial charge in [0.2, 0.25) is 0 Å². The van der Waals surface area contributed by atoms with Crippen LogP contribution in [-0.4, -0.2) is 5.91 Å². The van der Waals surface area contributed by atoms with Crippen LogP contribution < -0.4 is 5.32 Å². The first kappa shape index (κ1) is 9.25. The summed E-state index contributed by atoms with van der Waals surface area (Å²) in [6.45, 7) is 5.08. The highest BCUT2D eigenvalue weighted by Gasteiger charge is 2.22. The van der Waals surface area contributed by atoms with Crippen LogP contribution in [0.15, 0.2) is 18.2 Å². The first-order valence-corrected chi connectivity index (χ1v) is 5.14. The summed E-state index contributed by atoms with van der Waals surface area (Å²) in [5, 5.41) is 2.87. The number of hydrogen-bond acceptors (Lipinski definition) is 1. The van der Waals surface area contributed by atoms with Crippen molar-refractivity contribution in [3.63, 3.8) is 0 Å². The highest BCUT2D eigenvalue weighted by atomic mass is 16.1. The number of hydrogen-bond donors (Lipinski definition) is 1. The molecule has 1 heterocycles. The highest BCUT2D eigenvalue weighted by molar-refractivity contribution is 5.98. The minimum absolute atomic E-state index is 0.0742. The Balaban J connectivity index is 2.49. The molecule has 1 atom stereocenters. The fourth-order valence-corrected chi connectivity index (χ4v) is 1.96. The van der Waals surface area contributed by atoms with Gasteiger partial charge < -0.3 is 5.32 Å². The van der Waals surface area contributed by atoms with Crippen molar-refractivity contribution in [2.24, 2.45) is 0 Å². The van der Waals surface area contributed by atoms with Crippen molar-refractivity contribution < 1.29 is 4.79 Å². The fraction of sp³-hybridized carbons (Fsp3) is 0.417. The van der Waals surface area contributed by atoms with Gasteiger partial charge in [-0.25, -0.2) is 0 Å². The van der Waals surface area contributed by atoms with Crippen molar-refractivity contribution >= 4 is 5.91 Å². The van der Waals surface area contributed by atoms with Crippen LogP contribution in [0.2, 0.25) is 0 Å². The lowest BCUT2D eigenvalue weighted by Gasteiger charge is -2.12. The van der Waals surface area contributed by atoms with Gasteiger partial charge in [0.05, 0.1) is 0 Å². The Hall–Kier alpha value is -1.31. The molecule has 2 rings (SSSR count). The Morgan fingerprint density at radius 2 is 2.29 bits per heavy atom. The molecule has 1 aromatic carbocycles. The third-order valence-electron chi connectivity index (χ3n) is 3.03. The topological polar surface area (TPSA) is 29.1 Å². The van der Waals surface area contributed by atoms with E-state index in [2.05, 4.69) is 25.2 Å². The Morgan fingerprint density at radius 1 is 1.50 bits per heavy atom. The van der Waals surface area contributed by atoms with E-state index in [1.807, 2.05) is 12.1 Å². The fourth-order valence-electron chi connectivity index (χ4n) is 1.96. The lowest BCUT2D eigenvalue weighted by Crippen LogP contribution is -2.12. The average molecular weight is 189 g/mol. The largest absolute Gasteiger partial charge is 0.348 e. The Morgan fingerprint density at radius 3 is 3.00 bits per heavy atom. The molecule has 0 saturated carbocycles. The molecule has 0 radical (unpaired) electrons. The van der Waals surface area contributed by atoms with Crippen molar-refractivity contribution in [3.8, 4) is 0 Å². The maximum absolute atomic E-state index is 11.4. The lowest BCUT2D eigenvalue weighted by molar-refractivity contribution is 0.0966. The molecule has 1 aliphatic rings. The van der Waals surface area contributed by atoms with Gasteiger partial charge >= 0.3 is 0 Å². The smallest absolute Gasteiger partial charge is 0.251 e. The molecular weight excluding hydrogens is 174 g/mol. The molecule has 1 aromatic rings. The maximum Gasteiger partial charge on any atom is 0.251 e. The summed E-state index contributed by atoms with van der Waals surface area (Å²) in [6.07, 6.45) is 1.12. The first-order chi connectivity index (χ1) is 6.74. The molecule has 0 spiro atoms. The third kappa shape index (κ3) is 1.31. The second-order valence-electron chi connectivity index (χ2n) is 3.87. The standard InChI is InChI=1S/C12H15NO/c1-3-8(2)9-5-4-6-10-11(9)7-13-12(10)14/h4-6,8H,3,7H2,1-2H3,(H,13,14). The van der Waals surface area contributed by atoms with E-state index < -0.39 is 0 Å². The molecule has 1 N–H and O–H groups in total. The SMILES string of the molecule is CCC(C)c1cccc2c1CNC2=O. The summed E-state index contributed by atoms with van der Waals surface area (Å²) in [4.78, 5) is 11.4. The van der Waals surface area contributed by atoms with Gasteiger partial charge in [-0.05, 0) is 29.5 Å². The summed E-state index contributed by atoms with van der Waals surface area (Å²) < 4.78 is 0. The van der Waals surface area contributed by atoms with E-state index in [1.54, 1.807) is 0 Å². The predicted octanol–water partition coefficient (Wildman–Crippen LogP) is 2.44. The van der Waals surface area contributed by atoms with Crippen molar-refractivity contribution in [2.45, 2.75) is 32.7 Å². The molecule has 1 amide bonds. The van der Waals surface area contributed by atoms with Gasteiger partial charge in [-0.1, -0.05) is 26.0 Å². The molecule has 0 aromatic heterocycles. The van der Waals surface area contributed by atoms with Gasteiger partial charge in [0.25, 0.3) is 5.91 Å². The minimum Gasteiger partial charge on any atom is -0.348 e. The lowest BCUT2D eigenvalue weighted by atomic mass is 9.92. The number of carbonyl (C=O) groups excluding carboxylic acids is 1. The van der Waals surface area contributed by atoms with Gasteiger partial charge in [-0.3, -0.25) is 4.79 Å². The zero-order chi connectivity index (χ0) is 10.1. The highest BCUT2D eigenvalue weighted by Crippen LogP contribution is 2.27. The van der Waals surface area contributed by atoms with Crippen molar-refractivity contribution in [1.82, 2.24) is 5.32 Å². The second-order valence-corrected chi connectivity index (χ2v) is 3.87. The monoisotopic (exact) mass is 189 g/mol. The van der Waals surface area contributed by atoms with E-state index >= 15 is 0 Å². The van der Waals surface area contributed by atoms with Crippen molar-refractivity contribution in [1.29, 1.82) is 0 Å². The molecule has 0 saturated heterocycles. The zero-order valence-corrected chi connectivity index (χ0v) is 8.63. The van der Waals surface area contributed by atoms with Crippen LogP contribution in [0, 0.1) is 0 Å². The van der Waals surface area contributed by atoms with Crippen molar-refractivity contribution in [3.05, 3.63) is 34.9 Å². The number of carbonyl (C=O) groups is 1. The summed E-state index contributed by atoms with van der Waals surface area (Å²) in [5.74, 6) is 0.614. The summed E-state index contributed by atoms with van der Waals surface area (Å²) >= 11 is 0. The molecule has 2 nitrogen and oxygen atoms in total. The van der Waals surface area contributed by atoms with Crippen molar-refractivity contribution in [2.75, 3.05) is 0 Å². The van der Waals surface area contributed by atoms with Gasteiger partial charge in [0, 0.05) is 12.1 Å². The van der Waals surface area contributed by atoms with Crippen LogP contribution >= 0.6 is 0 Å². The number of nitrogens with one attached hydrogen (secondary N) is 1.